The second-order valence-electron chi connectivity index (χ2n) is 4.92. The van der Waals surface area contributed by atoms with E-state index >= 15 is 0 Å². The fourth-order valence-electron chi connectivity index (χ4n) is 2.42. The van der Waals surface area contributed by atoms with Gasteiger partial charge in [0.05, 0.1) is 0 Å². The molecule has 16 heavy (non-hydrogen) atoms. The highest BCUT2D eigenvalue weighted by Crippen LogP contribution is 2.27. The van der Waals surface area contributed by atoms with Crippen LogP contribution in [0.4, 0.5) is 0 Å². The topological polar surface area (TPSA) is 32.3 Å². The lowest BCUT2D eigenvalue weighted by molar-refractivity contribution is -0.141. The van der Waals surface area contributed by atoms with Crippen LogP contribution in [0.2, 0.25) is 0 Å². The molecule has 4 heteroatoms. The van der Waals surface area contributed by atoms with Crippen molar-refractivity contribution in [1.29, 1.82) is 0 Å². The summed E-state index contributed by atoms with van der Waals surface area (Å²) in [4.78, 5) is 14.3. The monoisotopic (exact) mass is 246 g/mol. The molecular weight excluding hydrogens is 224 g/mol. The molecule has 3 nitrogen and oxygen atoms in total. The van der Waals surface area contributed by atoms with Crippen LogP contribution in [0, 0.1) is 11.8 Å². The van der Waals surface area contributed by atoms with Gasteiger partial charge in [-0.2, -0.15) is 0 Å². The normalized spacial score (nSPS) is 22.6. The van der Waals surface area contributed by atoms with E-state index in [2.05, 4.69) is 24.1 Å². The van der Waals surface area contributed by atoms with Crippen molar-refractivity contribution in [3.05, 3.63) is 0 Å². The van der Waals surface area contributed by atoms with E-state index in [1.165, 1.54) is 19.3 Å². The average molecular weight is 247 g/mol. The third-order valence-electron chi connectivity index (χ3n) is 4.05. The number of hydrogen-bond acceptors (Lipinski definition) is 2. The zero-order chi connectivity index (χ0) is 10.8. The molecule has 1 saturated carbocycles. The van der Waals surface area contributed by atoms with Crippen molar-refractivity contribution in [2.75, 3.05) is 19.6 Å². The number of nitrogens with zero attached hydrogens (tertiary/aromatic N) is 1. The molecule has 1 saturated heterocycles. The summed E-state index contributed by atoms with van der Waals surface area (Å²) >= 11 is 0. The molecule has 0 bridgehead atoms. The number of carbonyl (C=O) groups is 1. The molecule has 2 fully saturated rings. The van der Waals surface area contributed by atoms with Crippen molar-refractivity contribution in [2.24, 2.45) is 11.8 Å². The number of hydrogen-bond donors (Lipinski definition) is 1. The third kappa shape index (κ3) is 2.51. The van der Waals surface area contributed by atoms with E-state index in [1.54, 1.807) is 0 Å². The molecule has 1 aliphatic carbocycles. The SMILES string of the molecule is CCN(C(=O)C(C)C1CNC1)C1CCC1.Cl. The lowest BCUT2D eigenvalue weighted by Crippen LogP contribution is -2.53. The standard InChI is InChI=1S/C12H22N2O.ClH/c1-3-14(11-5-4-6-11)12(15)9(2)10-7-13-8-10;/h9-11,13H,3-8H2,1-2H3;1H. The lowest BCUT2D eigenvalue weighted by Gasteiger charge is -2.41. The Balaban J connectivity index is 0.00000128. The van der Waals surface area contributed by atoms with Gasteiger partial charge >= 0.3 is 0 Å². The lowest BCUT2D eigenvalue weighted by atomic mass is 9.85. The highest BCUT2D eigenvalue weighted by atomic mass is 35.5. The van der Waals surface area contributed by atoms with Gasteiger partial charge in [-0.15, -0.1) is 12.4 Å². The molecule has 0 aromatic heterocycles. The van der Waals surface area contributed by atoms with Crippen molar-refractivity contribution in [3.63, 3.8) is 0 Å². The van der Waals surface area contributed by atoms with E-state index in [0.29, 0.717) is 17.9 Å². The third-order valence-corrected chi connectivity index (χ3v) is 4.05. The maximum absolute atomic E-state index is 12.2. The smallest absolute Gasteiger partial charge is 0.226 e. The van der Waals surface area contributed by atoms with Gasteiger partial charge in [0.2, 0.25) is 5.91 Å². The Hall–Kier alpha value is -0.280. The molecular formula is C12H23ClN2O. The predicted molar refractivity (Wildman–Crippen MR) is 67.8 cm³/mol. The zero-order valence-electron chi connectivity index (χ0n) is 10.2. The minimum Gasteiger partial charge on any atom is -0.340 e. The largest absolute Gasteiger partial charge is 0.340 e. The van der Waals surface area contributed by atoms with E-state index < -0.39 is 0 Å². The van der Waals surface area contributed by atoms with Gasteiger partial charge in [-0.05, 0) is 45.2 Å². The molecule has 0 spiro atoms. The summed E-state index contributed by atoms with van der Waals surface area (Å²) in [7, 11) is 0. The number of nitrogens with one attached hydrogen (secondary N) is 1. The maximum atomic E-state index is 12.2. The van der Waals surface area contributed by atoms with Gasteiger partial charge < -0.3 is 10.2 Å². The summed E-state index contributed by atoms with van der Waals surface area (Å²) in [5, 5.41) is 3.24. The van der Waals surface area contributed by atoms with Crippen LogP contribution < -0.4 is 5.32 Å². The van der Waals surface area contributed by atoms with E-state index in [4.69, 9.17) is 0 Å². The average Bonchev–Trinajstić information content (AvgIpc) is 2.06. The quantitative estimate of drug-likeness (QED) is 0.819. The first-order chi connectivity index (χ1) is 7.24. The summed E-state index contributed by atoms with van der Waals surface area (Å²) in [5.41, 5.74) is 0. The number of rotatable bonds is 4. The first-order valence-electron chi connectivity index (χ1n) is 6.25. The Labute approximate surface area is 104 Å². The molecule has 2 aliphatic rings. The molecule has 1 aliphatic heterocycles. The van der Waals surface area contributed by atoms with Crippen molar-refractivity contribution in [3.8, 4) is 0 Å². The fraction of sp³-hybridized carbons (Fsp3) is 0.917. The van der Waals surface area contributed by atoms with Gasteiger partial charge in [-0.1, -0.05) is 6.92 Å². The molecule has 0 aromatic carbocycles. The van der Waals surface area contributed by atoms with Crippen molar-refractivity contribution >= 4 is 18.3 Å². The Morgan fingerprint density at radius 2 is 2.06 bits per heavy atom. The highest BCUT2D eigenvalue weighted by molar-refractivity contribution is 5.85. The van der Waals surface area contributed by atoms with Crippen LogP contribution in [-0.4, -0.2) is 36.5 Å². The van der Waals surface area contributed by atoms with Gasteiger partial charge in [-0.25, -0.2) is 0 Å². The molecule has 0 aromatic rings. The van der Waals surface area contributed by atoms with Crippen LogP contribution in [0.25, 0.3) is 0 Å². The first-order valence-corrected chi connectivity index (χ1v) is 6.25. The van der Waals surface area contributed by atoms with Crippen molar-refractivity contribution in [1.82, 2.24) is 10.2 Å². The molecule has 0 radical (unpaired) electrons. The van der Waals surface area contributed by atoms with Crippen LogP contribution in [0.15, 0.2) is 0 Å². The Morgan fingerprint density at radius 3 is 2.38 bits per heavy atom. The van der Waals surface area contributed by atoms with Crippen molar-refractivity contribution in [2.45, 2.75) is 39.2 Å². The number of halogens is 1. The van der Waals surface area contributed by atoms with Gasteiger partial charge in [0.25, 0.3) is 0 Å². The first kappa shape index (κ1) is 13.8. The Morgan fingerprint density at radius 1 is 1.44 bits per heavy atom. The molecule has 1 amide bonds. The van der Waals surface area contributed by atoms with Crippen molar-refractivity contribution < 1.29 is 4.79 Å². The highest BCUT2D eigenvalue weighted by Gasteiger charge is 2.35. The van der Waals surface area contributed by atoms with Gasteiger partial charge in [0.15, 0.2) is 0 Å². The summed E-state index contributed by atoms with van der Waals surface area (Å²) in [6.07, 6.45) is 3.73. The molecule has 1 heterocycles. The molecule has 1 atom stereocenters. The van der Waals surface area contributed by atoms with Gasteiger partial charge in [0.1, 0.15) is 0 Å². The molecule has 2 rings (SSSR count). The Bertz CT molecular complexity index is 239. The van der Waals surface area contributed by atoms with Crippen LogP contribution in [0.1, 0.15) is 33.1 Å². The number of carbonyl (C=O) groups excluding carboxylic acids is 1. The van der Waals surface area contributed by atoms with Crippen LogP contribution in [-0.2, 0) is 4.79 Å². The second-order valence-corrected chi connectivity index (χ2v) is 4.92. The van der Waals surface area contributed by atoms with E-state index in [-0.39, 0.29) is 18.3 Å². The van der Waals surface area contributed by atoms with E-state index in [0.717, 1.165) is 19.6 Å². The summed E-state index contributed by atoms with van der Waals surface area (Å²) in [5.74, 6) is 1.17. The van der Waals surface area contributed by atoms with Gasteiger partial charge in [0, 0.05) is 18.5 Å². The van der Waals surface area contributed by atoms with Crippen LogP contribution >= 0.6 is 12.4 Å². The molecule has 1 N–H and O–H groups in total. The Kier molecular flexibility index (Phi) is 5.06. The zero-order valence-corrected chi connectivity index (χ0v) is 11.1. The van der Waals surface area contributed by atoms with Crippen LogP contribution in [0.5, 0.6) is 0 Å². The van der Waals surface area contributed by atoms with E-state index in [1.807, 2.05) is 0 Å². The predicted octanol–water partition coefficient (Wildman–Crippen LogP) is 1.66. The minimum atomic E-state index is 0. The summed E-state index contributed by atoms with van der Waals surface area (Å²) < 4.78 is 0. The molecule has 1 unspecified atom stereocenters. The van der Waals surface area contributed by atoms with Gasteiger partial charge in [-0.3, -0.25) is 4.79 Å². The fourth-order valence-corrected chi connectivity index (χ4v) is 2.42. The molecule has 94 valence electrons. The summed E-state index contributed by atoms with van der Waals surface area (Å²) in [6.45, 7) is 7.12. The van der Waals surface area contributed by atoms with Crippen LogP contribution in [0.3, 0.4) is 0 Å². The summed E-state index contributed by atoms with van der Waals surface area (Å²) in [6, 6.07) is 0.554. The number of amides is 1. The maximum Gasteiger partial charge on any atom is 0.226 e. The second kappa shape index (κ2) is 5.87. The van der Waals surface area contributed by atoms with E-state index in [9.17, 15) is 4.79 Å². The minimum absolute atomic E-state index is 0.